The molecule has 20 heavy (non-hydrogen) atoms. The van der Waals surface area contributed by atoms with Gasteiger partial charge in [-0.05, 0) is 43.2 Å². The van der Waals surface area contributed by atoms with Crippen LogP contribution in [0.5, 0.6) is 0 Å². The van der Waals surface area contributed by atoms with Crippen molar-refractivity contribution in [3.63, 3.8) is 0 Å². The summed E-state index contributed by atoms with van der Waals surface area (Å²) >= 11 is 1.51. The van der Waals surface area contributed by atoms with Gasteiger partial charge >= 0.3 is 0 Å². The summed E-state index contributed by atoms with van der Waals surface area (Å²) in [5, 5.41) is 2.82. The Hall–Kier alpha value is -1.65. The molecule has 2 aromatic rings. The molecule has 0 aliphatic rings. The summed E-state index contributed by atoms with van der Waals surface area (Å²) in [7, 11) is 1.70. The summed E-state index contributed by atoms with van der Waals surface area (Å²) in [4.78, 5) is 13.6. The monoisotopic (exact) mass is 289 g/mol. The highest BCUT2D eigenvalue weighted by Gasteiger charge is 2.10. The molecule has 0 bridgehead atoms. The van der Waals surface area contributed by atoms with Crippen LogP contribution < -0.4 is 5.32 Å². The van der Waals surface area contributed by atoms with Crippen molar-refractivity contribution in [3.8, 4) is 10.4 Å². The zero-order chi connectivity index (χ0) is 14.5. The number of methoxy groups -OCH3 is 1. The molecule has 1 amide bonds. The van der Waals surface area contributed by atoms with Gasteiger partial charge in [-0.25, -0.2) is 0 Å². The number of thiophene rings is 1. The number of carbonyl (C=O) groups excluding carboxylic acids is 1. The molecule has 0 saturated heterocycles. The number of hydrogen-bond acceptors (Lipinski definition) is 3. The van der Waals surface area contributed by atoms with E-state index in [0.29, 0.717) is 6.54 Å². The van der Waals surface area contributed by atoms with E-state index in [0.717, 1.165) is 20.9 Å². The second-order valence-electron chi connectivity index (χ2n) is 4.53. The van der Waals surface area contributed by atoms with E-state index < -0.39 is 0 Å². The van der Waals surface area contributed by atoms with Gasteiger partial charge in [-0.2, -0.15) is 0 Å². The van der Waals surface area contributed by atoms with Gasteiger partial charge in [0.15, 0.2) is 0 Å². The Bertz CT molecular complexity index is 592. The topological polar surface area (TPSA) is 38.3 Å². The summed E-state index contributed by atoms with van der Waals surface area (Å²) in [6.45, 7) is 4.59. The first kappa shape index (κ1) is 14.8. The summed E-state index contributed by atoms with van der Waals surface area (Å²) in [6, 6.07) is 12.1. The Morgan fingerprint density at radius 3 is 2.85 bits per heavy atom. The number of ether oxygens (including phenoxy) is 1. The quantitative estimate of drug-likeness (QED) is 0.907. The Morgan fingerprint density at radius 2 is 2.15 bits per heavy atom. The van der Waals surface area contributed by atoms with Crippen molar-refractivity contribution in [2.75, 3.05) is 13.7 Å². The molecule has 0 radical (unpaired) electrons. The molecule has 0 saturated carbocycles. The second kappa shape index (κ2) is 6.68. The zero-order valence-corrected chi connectivity index (χ0v) is 12.8. The van der Waals surface area contributed by atoms with Gasteiger partial charge in [0.1, 0.15) is 0 Å². The Labute approximate surface area is 123 Å². The molecule has 1 aromatic carbocycles. The predicted octanol–water partition coefficient (Wildman–Crippen LogP) is 3.87. The van der Waals surface area contributed by atoms with E-state index in [9.17, 15) is 4.79 Å². The lowest BCUT2D eigenvalue weighted by Gasteiger charge is -2.10. The number of rotatable bonds is 5. The molecule has 1 atom stereocenters. The van der Waals surface area contributed by atoms with Crippen LogP contribution in [0.4, 0.5) is 0 Å². The third-order valence-electron chi connectivity index (χ3n) is 3.16. The number of nitrogens with one attached hydrogen (secondary N) is 1. The number of amides is 1. The van der Waals surface area contributed by atoms with Gasteiger partial charge in [-0.1, -0.05) is 18.2 Å². The highest BCUT2D eigenvalue weighted by molar-refractivity contribution is 7.17. The van der Waals surface area contributed by atoms with Crippen LogP contribution >= 0.6 is 11.3 Å². The number of hydrogen-bond donors (Lipinski definition) is 1. The SMILES string of the molecule is CCNC(=O)c1ccc(-c2cccc(C(C)OC)c2)s1. The molecule has 0 aliphatic heterocycles. The maximum atomic E-state index is 11.8. The van der Waals surface area contributed by atoms with Crippen molar-refractivity contribution in [2.24, 2.45) is 0 Å². The standard InChI is InChI=1S/C16H19NO2S/c1-4-17-16(18)15-9-8-14(20-15)13-7-5-6-12(10-13)11(2)19-3/h5-11H,4H2,1-3H3,(H,17,18). The summed E-state index contributed by atoms with van der Waals surface area (Å²) in [5.41, 5.74) is 2.25. The van der Waals surface area contributed by atoms with E-state index in [2.05, 4.69) is 23.5 Å². The van der Waals surface area contributed by atoms with E-state index in [1.54, 1.807) is 7.11 Å². The van der Waals surface area contributed by atoms with Crippen LogP contribution in [-0.2, 0) is 4.74 Å². The molecular formula is C16H19NO2S. The molecule has 106 valence electrons. The minimum absolute atomic E-state index is 0.00911. The molecule has 1 N–H and O–H groups in total. The summed E-state index contributed by atoms with van der Waals surface area (Å²) < 4.78 is 5.34. The van der Waals surface area contributed by atoms with E-state index in [1.165, 1.54) is 11.3 Å². The van der Waals surface area contributed by atoms with Crippen molar-refractivity contribution in [2.45, 2.75) is 20.0 Å². The molecule has 0 fully saturated rings. The fraction of sp³-hybridized carbons (Fsp3) is 0.312. The maximum Gasteiger partial charge on any atom is 0.261 e. The smallest absolute Gasteiger partial charge is 0.261 e. The minimum Gasteiger partial charge on any atom is -0.377 e. The Morgan fingerprint density at radius 1 is 1.35 bits per heavy atom. The lowest BCUT2D eigenvalue weighted by Crippen LogP contribution is -2.21. The molecule has 1 aromatic heterocycles. The van der Waals surface area contributed by atoms with Crippen molar-refractivity contribution < 1.29 is 9.53 Å². The first-order valence-corrected chi connectivity index (χ1v) is 7.48. The lowest BCUT2D eigenvalue weighted by molar-refractivity contribution is 0.0960. The van der Waals surface area contributed by atoms with Crippen molar-refractivity contribution >= 4 is 17.2 Å². The Kier molecular flexibility index (Phi) is 4.93. The Balaban J connectivity index is 2.26. The van der Waals surface area contributed by atoms with Crippen LogP contribution in [0.1, 0.15) is 35.2 Å². The molecule has 0 aliphatic carbocycles. The molecule has 1 unspecified atom stereocenters. The predicted molar refractivity (Wildman–Crippen MR) is 83.2 cm³/mol. The minimum atomic E-state index is -0.00911. The van der Waals surface area contributed by atoms with Crippen LogP contribution in [0.2, 0.25) is 0 Å². The van der Waals surface area contributed by atoms with E-state index in [1.807, 2.05) is 32.0 Å². The van der Waals surface area contributed by atoms with Gasteiger partial charge in [-0.15, -0.1) is 11.3 Å². The van der Waals surface area contributed by atoms with Gasteiger partial charge in [0, 0.05) is 18.5 Å². The van der Waals surface area contributed by atoms with Crippen LogP contribution in [0.25, 0.3) is 10.4 Å². The first-order valence-electron chi connectivity index (χ1n) is 6.67. The van der Waals surface area contributed by atoms with E-state index in [4.69, 9.17) is 4.74 Å². The third kappa shape index (κ3) is 3.26. The number of carbonyl (C=O) groups is 1. The summed E-state index contributed by atoms with van der Waals surface area (Å²) in [6.07, 6.45) is 0.0674. The van der Waals surface area contributed by atoms with Crippen LogP contribution in [0.15, 0.2) is 36.4 Å². The largest absolute Gasteiger partial charge is 0.377 e. The average molecular weight is 289 g/mol. The van der Waals surface area contributed by atoms with Crippen molar-refractivity contribution in [1.29, 1.82) is 0 Å². The summed E-state index contributed by atoms with van der Waals surface area (Å²) in [5.74, 6) is -0.00911. The molecule has 0 spiro atoms. The molecule has 3 nitrogen and oxygen atoms in total. The maximum absolute atomic E-state index is 11.8. The van der Waals surface area contributed by atoms with Gasteiger partial charge in [0.25, 0.3) is 5.91 Å². The van der Waals surface area contributed by atoms with Gasteiger partial charge in [0.2, 0.25) is 0 Å². The second-order valence-corrected chi connectivity index (χ2v) is 5.61. The third-order valence-corrected chi connectivity index (χ3v) is 4.29. The van der Waals surface area contributed by atoms with Gasteiger partial charge in [-0.3, -0.25) is 4.79 Å². The van der Waals surface area contributed by atoms with E-state index in [-0.39, 0.29) is 12.0 Å². The first-order chi connectivity index (χ1) is 9.65. The average Bonchev–Trinajstić information content (AvgIpc) is 2.97. The fourth-order valence-corrected chi connectivity index (χ4v) is 2.86. The van der Waals surface area contributed by atoms with E-state index >= 15 is 0 Å². The van der Waals surface area contributed by atoms with Gasteiger partial charge < -0.3 is 10.1 Å². The highest BCUT2D eigenvalue weighted by Crippen LogP contribution is 2.30. The van der Waals surface area contributed by atoms with Crippen LogP contribution in [0, 0.1) is 0 Å². The lowest BCUT2D eigenvalue weighted by atomic mass is 10.1. The number of benzene rings is 1. The molecular weight excluding hydrogens is 270 g/mol. The van der Waals surface area contributed by atoms with Crippen molar-refractivity contribution in [1.82, 2.24) is 5.32 Å². The molecule has 1 heterocycles. The van der Waals surface area contributed by atoms with Gasteiger partial charge in [0.05, 0.1) is 11.0 Å². The highest BCUT2D eigenvalue weighted by atomic mass is 32.1. The zero-order valence-electron chi connectivity index (χ0n) is 12.0. The molecule has 2 rings (SSSR count). The molecule has 4 heteroatoms. The normalized spacial score (nSPS) is 12.2. The van der Waals surface area contributed by atoms with Crippen molar-refractivity contribution in [3.05, 3.63) is 46.8 Å². The fourth-order valence-electron chi connectivity index (χ4n) is 1.94. The van der Waals surface area contributed by atoms with Crippen LogP contribution in [-0.4, -0.2) is 19.6 Å². The van der Waals surface area contributed by atoms with Crippen LogP contribution in [0.3, 0.4) is 0 Å².